The molecule has 0 aromatic carbocycles. The monoisotopic (exact) mass is 195 g/mol. The summed E-state index contributed by atoms with van der Waals surface area (Å²) in [5, 5.41) is 0. The number of ether oxygens (including phenoxy) is 1. The summed E-state index contributed by atoms with van der Waals surface area (Å²) in [6.45, 7) is 1.96. The Balaban J connectivity index is 2.53. The summed E-state index contributed by atoms with van der Waals surface area (Å²) in [7, 11) is 0. The number of carbonyl (C=O) groups excluding carboxylic acids is 2. The number of oxazole rings is 1. The Morgan fingerprint density at radius 3 is 2.93 bits per heavy atom. The van der Waals surface area contributed by atoms with Crippen molar-refractivity contribution in [3.8, 4) is 0 Å². The lowest BCUT2D eigenvalue weighted by molar-refractivity contribution is -0.137. The van der Waals surface area contributed by atoms with E-state index in [4.69, 9.17) is 0 Å². The second-order valence-corrected chi connectivity index (χ2v) is 2.32. The molecule has 5 heteroatoms. The lowest BCUT2D eigenvalue weighted by Crippen LogP contribution is -2.01. The van der Waals surface area contributed by atoms with Crippen molar-refractivity contribution in [3.63, 3.8) is 0 Å². The van der Waals surface area contributed by atoms with Crippen LogP contribution < -0.4 is 0 Å². The summed E-state index contributed by atoms with van der Waals surface area (Å²) < 4.78 is 9.20. The quantitative estimate of drug-likeness (QED) is 0.407. The molecule has 0 unspecified atom stereocenters. The van der Waals surface area contributed by atoms with Gasteiger partial charge in [-0.25, -0.2) is 9.78 Å². The van der Waals surface area contributed by atoms with Crippen LogP contribution in [0.1, 0.15) is 17.4 Å². The molecule has 0 aliphatic rings. The van der Waals surface area contributed by atoms with Crippen LogP contribution in [0, 0.1) is 0 Å². The van der Waals surface area contributed by atoms with Gasteiger partial charge >= 0.3 is 5.97 Å². The zero-order chi connectivity index (χ0) is 10.4. The number of carbonyl (C=O) groups is 2. The van der Waals surface area contributed by atoms with Crippen LogP contribution >= 0.6 is 0 Å². The van der Waals surface area contributed by atoms with Crippen LogP contribution in [0.25, 0.3) is 0 Å². The van der Waals surface area contributed by atoms with Crippen LogP contribution in [0.5, 0.6) is 0 Å². The van der Waals surface area contributed by atoms with Crippen LogP contribution in [-0.2, 0) is 9.53 Å². The highest BCUT2D eigenvalue weighted by Crippen LogP contribution is 1.97. The number of hydrogen-bond donors (Lipinski definition) is 0. The third-order valence-corrected chi connectivity index (χ3v) is 1.34. The smallest absolute Gasteiger partial charge is 0.330 e. The SMILES string of the molecule is CCOC(=O)/C=C/C(=O)c1cocn1. The molecule has 0 amide bonds. The molecule has 1 aromatic heterocycles. The minimum absolute atomic E-state index is 0.158. The van der Waals surface area contributed by atoms with E-state index in [1.165, 1.54) is 6.26 Å². The maximum Gasteiger partial charge on any atom is 0.330 e. The summed E-state index contributed by atoms with van der Waals surface area (Å²) in [6.07, 6.45) is 4.50. The van der Waals surface area contributed by atoms with E-state index in [1.807, 2.05) is 0 Å². The largest absolute Gasteiger partial charge is 0.463 e. The Bertz CT molecular complexity index is 340. The number of hydrogen-bond acceptors (Lipinski definition) is 5. The van der Waals surface area contributed by atoms with Crippen molar-refractivity contribution in [3.05, 3.63) is 30.5 Å². The molecule has 0 N–H and O–H groups in total. The standard InChI is InChI=1S/C9H9NO4/c1-2-14-9(12)4-3-8(11)7-5-13-6-10-7/h3-6H,2H2,1H3/b4-3+. The van der Waals surface area contributed by atoms with Gasteiger partial charge in [-0.15, -0.1) is 0 Å². The van der Waals surface area contributed by atoms with Crippen LogP contribution in [0.3, 0.4) is 0 Å². The second kappa shape index (κ2) is 4.96. The van der Waals surface area contributed by atoms with Gasteiger partial charge in [0, 0.05) is 6.08 Å². The molecule has 74 valence electrons. The molecule has 0 aliphatic heterocycles. The van der Waals surface area contributed by atoms with E-state index in [2.05, 4.69) is 14.1 Å². The Morgan fingerprint density at radius 2 is 2.36 bits per heavy atom. The fourth-order valence-corrected chi connectivity index (χ4v) is 0.754. The van der Waals surface area contributed by atoms with Crippen molar-refractivity contribution in [2.24, 2.45) is 0 Å². The zero-order valence-electron chi connectivity index (χ0n) is 7.60. The van der Waals surface area contributed by atoms with Crippen molar-refractivity contribution in [1.29, 1.82) is 0 Å². The number of rotatable bonds is 4. The van der Waals surface area contributed by atoms with Gasteiger partial charge in [0.15, 0.2) is 6.39 Å². The number of aromatic nitrogens is 1. The molecule has 1 heterocycles. The van der Waals surface area contributed by atoms with Crippen LogP contribution in [0.2, 0.25) is 0 Å². The molecule has 14 heavy (non-hydrogen) atoms. The number of nitrogens with zero attached hydrogens (tertiary/aromatic N) is 1. The molecule has 0 saturated carbocycles. The van der Waals surface area contributed by atoms with Gasteiger partial charge < -0.3 is 9.15 Å². The van der Waals surface area contributed by atoms with Gasteiger partial charge in [-0.3, -0.25) is 4.79 Å². The minimum Gasteiger partial charge on any atom is -0.463 e. The summed E-state index contributed by atoms with van der Waals surface area (Å²) in [6, 6.07) is 0. The second-order valence-electron chi connectivity index (χ2n) is 2.32. The van der Waals surface area contributed by atoms with E-state index in [9.17, 15) is 9.59 Å². The molecule has 1 aromatic rings. The topological polar surface area (TPSA) is 69.4 Å². The van der Waals surface area contributed by atoms with E-state index in [-0.39, 0.29) is 12.3 Å². The molecule has 1 rings (SSSR count). The Kier molecular flexibility index (Phi) is 3.60. The Morgan fingerprint density at radius 1 is 1.57 bits per heavy atom. The van der Waals surface area contributed by atoms with Gasteiger partial charge in [-0.05, 0) is 13.0 Å². The molecule has 5 nitrogen and oxygen atoms in total. The van der Waals surface area contributed by atoms with Gasteiger partial charge in [0.25, 0.3) is 0 Å². The van der Waals surface area contributed by atoms with Crippen molar-refractivity contribution in [2.45, 2.75) is 6.92 Å². The zero-order valence-corrected chi connectivity index (χ0v) is 7.60. The highest BCUT2D eigenvalue weighted by Gasteiger charge is 2.05. The molecular formula is C9H9NO4. The maximum atomic E-state index is 11.2. The normalized spacial score (nSPS) is 10.4. The molecule has 0 spiro atoms. The molecular weight excluding hydrogens is 186 g/mol. The molecule has 0 atom stereocenters. The number of ketones is 1. The summed E-state index contributed by atoms with van der Waals surface area (Å²) in [5.41, 5.74) is 0.158. The van der Waals surface area contributed by atoms with Gasteiger partial charge in [0.2, 0.25) is 5.78 Å². The fourth-order valence-electron chi connectivity index (χ4n) is 0.754. The lowest BCUT2D eigenvalue weighted by atomic mass is 10.3. The van der Waals surface area contributed by atoms with E-state index >= 15 is 0 Å². The molecule has 0 fully saturated rings. The third kappa shape index (κ3) is 2.85. The third-order valence-electron chi connectivity index (χ3n) is 1.34. The van der Waals surface area contributed by atoms with Crippen molar-refractivity contribution >= 4 is 11.8 Å². The van der Waals surface area contributed by atoms with E-state index in [1.54, 1.807) is 6.92 Å². The predicted molar refractivity (Wildman–Crippen MR) is 46.6 cm³/mol. The Hall–Kier alpha value is -1.91. The first-order valence-corrected chi connectivity index (χ1v) is 4.01. The lowest BCUT2D eigenvalue weighted by Gasteiger charge is -1.93. The first kappa shape index (κ1) is 10.2. The van der Waals surface area contributed by atoms with Crippen LogP contribution in [0.15, 0.2) is 29.2 Å². The average Bonchev–Trinajstić information content (AvgIpc) is 2.67. The van der Waals surface area contributed by atoms with Crippen molar-refractivity contribution < 1.29 is 18.7 Å². The first-order valence-electron chi connectivity index (χ1n) is 4.01. The summed E-state index contributed by atoms with van der Waals surface area (Å²) in [5.74, 6) is -0.948. The van der Waals surface area contributed by atoms with E-state index < -0.39 is 11.8 Å². The molecule has 0 aliphatic carbocycles. The van der Waals surface area contributed by atoms with Crippen molar-refractivity contribution in [1.82, 2.24) is 4.98 Å². The highest BCUT2D eigenvalue weighted by molar-refractivity contribution is 6.05. The number of esters is 1. The van der Waals surface area contributed by atoms with Gasteiger partial charge in [0.1, 0.15) is 12.0 Å². The van der Waals surface area contributed by atoms with Crippen LogP contribution in [0.4, 0.5) is 0 Å². The molecule has 0 radical (unpaired) electrons. The van der Waals surface area contributed by atoms with Gasteiger partial charge in [0.05, 0.1) is 6.61 Å². The summed E-state index contributed by atoms with van der Waals surface area (Å²) in [4.78, 5) is 25.6. The first-order chi connectivity index (χ1) is 6.74. The van der Waals surface area contributed by atoms with Gasteiger partial charge in [-0.1, -0.05) is 0 Å². The van der Waals surface area contributed by atoms with Crippen LogP contribution in [-0.4, -0.2) is 23.3 Å². The summed E-state index contributed by atoms with van der Waals surface area (Å²) >= 11 is 0. The fraction of sp³-hybridized carbons (Fsp3) is 0.222. The maximum absolute atomic E-state index is 11.2. The average molecular weight is 195 g/mol. The molecule has 0 bridgehead atoms. The Labute approximate surface area is 80.4 Å². The van der Waals surface area contributed by atoms with Crippen molar-refractivity contribution in [2.75, 3.05) is 6.61 Å². The molecule has 0 saturated heterocycles. The van der Waals surface area contributed by atoms with E-state index in [0.717, 1.165) is 18.5 Å². The minimum atomic E-state index is -0.552. The highest BCUT2D eigenvalue weighted by atomic mass is 16.5. The number of allylic oxidation sites excluding steroid dienone is 1. The van der Waals surface area contributed by atoms with Gasteiger partial charge in [-0.2, -0.15) is 0 Å². The predicted octanol–water partition coefficient (Wildman–Crippen LogP) is 0.977. The van der Waals surface area contributed by atoms with E-state index in [0.29, 0.717) is 0 Å².